The molecule has 0 bridgehead atoms. The minimum absolute atomic E-state index is 0.250. The maximum atomic E-state index is 13.3. The zero-order valence-electron chi connectivity index (χ0n) is 18.0. The summed E-state index contributed by atoms with van der Waals surface area (Å²) in [5.74, 6) is 0.991. The van der Waals surface area contributed by atoms with Gasteiger partial charge in [0.15, 0.2) is 11.2 Å². The molecular formula is C22H28ClN5O2. The second kappa shape index (κ2) is 7.95. The summed E-state index contributed by atoms with van der Waals surface area (Å²) < 4.78 is 4.84. The van der Waals surface area contributed by atoms with Gasteiger partial charge in [-0.1, -0.05) is 44.4 Å². The average Bonchev–Trinajstić information content (AvgIpc) is 3.10. The lowest BCUT2D eigenvalue weighted by Crippen LogP contribution is -2.40. The normalized spacial score (nSPS) is 16.3. The van der Waals surface area contributed by atoms with Gasteiger partial charge in [-0.2, -0.15) is 4.98 Å². The standard InChI is InChI=1S/C22H28ClN5O2/c1-5-6-7-11-26-20(29)18-19(25(4)22(26)30)24-21-27(12-14(2)13-28(18)21)17-10-8-9-16(23)15(17)3/h8-10,14H,5-7,11-13H2,1-4H3. The van der Waals surface area contributed by atoms with E-state index in [1.807, 2.05) is 29.7 Å². The molecule has 0 radical (unpaired) electrons. The number of halogens is 1. The minimum Gasteiger partial charge on any atom is -0.311 e. The topological polar surface area (TPSA) is 65.1 Å². The van der Waals surface area contributed by atoms with Crippen molar-refractivity contribution in [2.75, 3.05) is 11.4 Å². The molecule has 3 heterocycles. The Bertz CT molecular complexity index is 1220. The molecule has 160 valence electrons. The van der Waals surface area contributed by atoms with E-state index in [0.29, 0.717) is 41.1 Å². The van der Waals surface area contributed by atoms with Gasteiger partial charge in [-0.25, -0.2) is 4.79 Å². The van der Waals surface area contributed by atoms with Gasteiger partial charge in [0.25, 0.3) is 5.56 Å². The van der Waals surface area contributed by atoms with Crippen LogP contribution in [0.5, 0.6) is 0 Å². The number of hydrogen-bond acceptors (Lipinski definition) is 4. The Morgan fingerprint density at radius 1 is 1.20 bits per heavy atom. The molecule has 1 aliphatic heterocycles. The monoisotopic (exact) mass is 429 g/mol. The van der Waals surface area contributed by atoms with Gasteiger partial charge in [-0.15, -0.1) is 0 Å². The highest BCUT2D eigenvalue weighted by atomic mass is 35.5. The van der Waals surface area contributed by atoms with Crippen LogP contribution in [0.1, 0.15) is 38.7 Å². The molecule has 1 aliphatic rings. The van der Waals surface area contributed by atoms with E-state index in [9.17, 15) is 9.59 Å². The van der Waals surface area contributed by atoms with Crippen molar-refractivity contribution >= 4 is 34.4 Å². The van der Waals surface area contributed by atoms with E-state index in [1.54, 1.807) is 7.05 Å². The molecule has 1 unspecified atom stereocenters. The molecule has 0 saturated carbocycles. The van der Waals surface area contributed by atoms with Crippen molar-refractivity contribution in [1.29, 1.82) is 0 Å². The van der Waals surface area contributed by atoms with E-state index < -0.39 is 0 Å². The highest BCUT2D eigenvalue weighted by Crippen LogP contribution is 2.36. The summed E-state index contributed by atoms with van der Waals surface area (Å²) in [6, 6.07) is 5.81. The first kappa shape index (κ1) is 20.7. The Hall–Kier alpha value is -2.54. The second-order valence-electron chi connectivity index (χ2n) is 8.30. The Morgan fingerprint density at radius 2 is 1.97 bits per heavy atom. The Kier molecular flexibility index (Phi) is 5.49. The molecule has 0 spiro atoms. The lowest BCUT2D eigenvalue weighted by Gasteiger charge is -2.34. The first-order valence-corrected chi connectivity index (χ1v) is 11.0. The molecule has 1 aromatic carbocycles. The van der Waals surface area contributed by atoms with Crippen LogP contribution in [-0.4, -0.2) is 25.2 Å². The molecule has 4 rings (SSSR count). The van der Waals surface area contributed by atoms with Crippen molar-refractivity contribution < 1.29 is 0 Å². The number of rotatable bonds is 5. The number of imidazole rings is 1. The molecule has 0 aliphatic carbocycles. The van der Waals surface area contributed by atoms with Crippen LogP contribution in [0.4, 0.5) is 11.6 Å². The average molecular weight is 430 g/mol. The van der Waals surface area contributed by atoms with Crippen LogP contribution < -0.4 is 16.1 Å². The molecule has 0 fully saturated rings. The fourth-order valence-electron chi connectivity index (χ4n) is 4.31. The van der Waals surface area contributed by atoms with Crippen LogP contribution in [0.15, 0.2) is 27.8 Å². The van der Waals surface area contributed by atoms with E-state index >= 15 is 0 Å². The highest BCUT2D eigenvalue weighted by Gasteiger charge is 2.30. The van der Waals surface area contributed by atoms with Crippen molar-refractivity contribution in [2.45, 2.75) is 53.1 Å². The van der Waals surface area contributed by atoms with Gasteiger partial charge < -0.3 is 9.47 Å². The number of aryl methyl sites for hydroxylation is 1. The number of aromatic nitrogens is 4. The molecule has 0 N–H and O–H groups in total. The number of unbranched alkanes of at least 4 members (excludes halogenated alkanes) is 2. The molecule has 3 aromatic rings. The van der Waals surface area contributed by atoms with E-state index in [-0.39, 0.29) is 11.2 Å². The highest BCUT2D eigenvalue weighted by molar-refractivity contribution is 6.31. The minimum atomic E-state index is -0.308. The summed E-state index contributed by atoms with van der Waals surface area (Å²) in [5, 5.41) is 0.694. The van der Waals surface area contributed by atoms with E-state index in [1.165, 1.54) is 9.13 Å². The smallest absolute Gasteiger partial charge is 0.311 e. The van der Waals surface area contributed by atoms with Gasteiger partial charge >= 0.3 is 5.69 Å². The Balaban J connectivity index is 1.95. The van der Waals surface area contributed by atoms with Crippen LogP contribution in [0, 0.1) is 12.8 Å². The number of hydrogen-bond donors (Lipinski definition) is 0. The van der Waals surface area contributed by atoms with Gasteiger partial charge in [0, 0.05) is 37.4 Å². The number of benzene rings is 1. The van der Waals surface area contributed by atoms with E-state index in [0.717, 1.165) is 37.1 Å². The summed E-state index contributed by atoms with van der Waals surface area (Å²) in [5.41, 5.74) is 2.32. The Labute approximate surface area is 180 Å². The molecule has 8 heteroatoms. The third kappa shape index (κ3) is 3.25. The summed E-state index contributed by atoms with van der Waals surface area (Å²) in [6.45, 7) is 8.13. The lowest BCUT2D eigenvalue weighted by atomic mass is 10.1. The fraction of sp³-hybridized carbons (Fsp3) is 0.500. The van der Waals surface area contributed by atoms with E-state index in [2.05, 4.69) is 18.7 Å². The van der Waals surface area contributed by atoms with Crippen molar-refractivity contribution in [3.05, 3.63) is 49.6 Å². The molecule has 30 heavy (non-hydrogen) atoms. The van der Waals surface area contributed by atoms with Crippen LogP contribution in [0.2, 0.25) is 5.02 Å². The molecule has 0 amide bonds. The van der Waals surface area contributed by atoms with E-state index in [4.69, 9.17) is 16.6 Å². The summed E-state index contributed by atoms with van der Waals surface area (Å²) in [7, 11) is 1.69. The van der Waals surface area contributed by atoms with Crippen molar-refractivity contribution in [2.24, 2.45) is 13.0 Å². The maximum absolute atomic E-state index is 13.3. The molecule has 2 aromatic heterocycles. The number of fused-ring (bicyclic) bond motifs is 3. The van der Waals surface area contributed by atoms with Gasteiger partial charge in [-0.3, -0.25) is 13.9 Å². The SMILES string of the molecule is CCCCCn1c(=O)c2c(nc3n2CC(C)CN3c2cccc(Cl)c2C)n(C)c1=O. The zero-order chi connectivity index (χ0) is 21.6. The fourth-order valence-corrected chi connectivity index (χ4v) is 4.48. The van der Waals surface area contributed by atoms with Crippen molar-refractivity contribution in [1.82, 2.24) is 18.7 Å². The largest absolute Gasteiger partial charge is 0.332 e. The molecular weight excluding hydrogens is 402 g/mol. The van der Waals surface area contributed by atoms with Crippen LogP contribution >= 0.6 is 11.6 Å². The zero-order valence-corrected chi connectivity index (χ0v) is 18.7. The quantitative estimate of drug-likeness (QED) is 0.578. The first-order valence-electron chi connectivity index (χ1n) is 10.6. The van der Waals surface area contributed by atoms with Crippen LogP contribution in [0.25, 0.3) is 11.2 Å². The molecule has 1 atom stereocenters. The summed E-state index contributed by atoms with van der Waals surface area (Å²) in [6.07, 6.45) is 2.82. The van der Waals surface area contributed by atoms with Gasteiger partial charge in [0.1, 0.15) is 0 Å². The van der Waals surface area contributed by atoms with Gasteiger partial charge in [0.2, 0.25) is 5.95 Å². The summed E-state index contributed by atoms with van der Waals surface area (Å²) >= 11 is 6.38. The third-order valence-electron chi connectivity index (χ3n) is 5.96. The van der Waals surface area contributed by atoms with Crippen molar-refractivity contribution in [3.63, 3.8) is 0 Å². The third-order valence-corrected chi connectivity index (χ3v) is 6.37. The second-order valence-corrected chi connectivity index (χ2v) is 8.71. The van der Waals surface area contributed by atoms with Crippen LogP contribution in [-0.2, 0) is 20.1 Å². The number of nitrogens with zero attached hydrogens (tertiary/aromatic N) is 5. The van der Waals surface area contributed by atoms with Crippen LogP contribution in [0.3, 0.4) is 0 Å². The van der Waals surface area contributed by atoms with Gasteiger partial charge in [0.05, 0.1) is 0 Å². The summed E-state index contributed by atoms with van der Waals surface area (Å²) in [4.78, 5) is 33.1. The predicted octanol–water partition coefficient (Wildman–Crippen LogP) is 3.84. The van der Waals surface area contributed by atoms with Crippen molar-refractivity contribution in [3.8, 4) is 0 Å². The van der Waals surface area contributed by atoms with Gasteiger partial charge in [-0.05, 0) is 37.0 Å². The predicted molar refractivity (Wildman–Crippen MR) is 121 cm³/mol. The first-order chi connectivity index (χ1) is 14.3. The Morgan fingerprint density at radius 3 is 2.70 bits per heavy atom. The lowest BCUT2D eigenvalue weighted by molar-refractivity contribution is 0.457. The molecule has 0 saturated heterocycles. The molecule has 7 nitrogen and oxygen atoms in total. The number of anilines is 2. The maximum Gasteiger partial charge on any atom is 0.332 e.